The Hall–Kier alpha value is -4.10. The van der Waals surface area contributed by atoms with Crippen molar-refractivity contribution in [1.82, 2.24) is 14.8 Å². The second kappa shape index (κ2) is 9.51. The summed E-state index contributed by atoms with van der Waals surface area (Å²) in [6.07, 6.45) is 4.06. The Bertz CT molecular complexity index is 1490. The van der Waals surface area contributed by atoms with Crippen LogP contribution in [0.2, 0.25) is 0 Å². The summed E-state index contributed by atoms with van der Waals surface area (Å²) in [5.74, 6) is 0.908. The number of benzene rings is 3. The highest BCUT2D eigenvalue weighted by atomic mass is 16.5. The molecule has 0 atom stereocenters. The van der Waals surface area contributed by atoms with Gasteiger partial charge in [0, 0.05) is 25.8 Å². The summed E-state index contributed by atoms with van der Waals surface area (Å²) in [7, 11) is 0. The number of fused-ring (bicyclic) bond motifs is 2. The van der Waals surface area contributed by atoms with E-state index in [1.165, 1.54) is 12.8 Å². The molecule has 7 heteroatoms. The van der Waals surface area contributed by atoms with Crippen molar-refractivity contribution in [2.24, 2.45) is 0 Å². The number of amides is 1. The van der Waals surface area contributed by atoms with Gasteiger partial charge in [0.1, 0.15) is 11.1 Å². The third-order valence-corrected chi connectivity index (χ3v) is 6.94. The molecule has 1 amide bonds. The molecule has 3 heterocycles. The molecule has 0 saturated carbocycles. The number of likely N-dealkylation sites (tertiary alicyclic amines) is 1. The molecule has 1 aromatic heterocycles. The van der Waals surface area contributed by atoms with Crippen molar-refractivity contribution in [2.45, 2.75) is 19.4 Å². The fourth-order valence-corrected chi connectivity index (χ4v) is 5.06. The second-order valence-corrected chi connectivity index (χ2v) is 9.29. The predicted molar refractivity (Wildman–Crippen MR) is 141 cm³/mol. The zero-order valence-electron chi connectivity index (χ0n) is 20.0. The van der Waals surface area contributed by atoms with Gasteiger partial charge >= 0.3 is 0 Å². The minimum Gasteiger partial charge on any atom is -0.451 e. The molecule has 182 valence electrons. The standard InChI is InChI=1S/C29H28N4O3/c34-27-21-12-13-23(31-18-20-8-2-1-3-9-20)28-26(21)33(24-10-4-5-11-25(24)36-28)19-22(27)29(35)30-14-17-32-15-6-7-16-32/h1-5,8-13,19,31H,6-7,14-18H2,(H,30,35). The van der Waals surface area contributed by atoms with E-state index in [1.54, 1.807) is 12.3 Å². The molecule has 2 aliphatic rings. The van der Waals surface area contributed by atoms with Crippen LogP contribution in [-0.2, 0) is 6.54 Å². The second-order valence-electron chi connectivity index (χ2n) is 9.29. The van der Waals surface area contributed by atoms with Crippen LogP contribution in [0.5, 0.6) is 11.5 Å². The molecule has 36 heavy (non-hydrogen) atoms. The molecular weight excluding hydrogens is 452 g/mol. The van der Waals surface area contributed by atoms with Crippen LogP contribution in [0.4, 0.5) is 5.69 Å². The van der Waals surface area contributed by atoms with Crippen molar-refractivity contribution in [2.75, 3.05) is 31.5 Å². The van der Waals surface area contributed by atoms with Crippen LogP contribution < -0.4 is 20.8 Å². The number of nitrogens with zero attached hydrogens (tertiary/aromatic N) is 2. The lowest BCUT2D eigenvalue weighted by molar-refractivity contribution is 0.0948. The first-order chi connectivity index (χ1) is 17.7. The Morgan fingerprint density at radius 1 is 0.944 bits per heavy atom. The van der Waals surface area contributed by atoms with E-state index >= 15 is 0 Å². The van der Waals surface area contributed by atoms with Gasteiger partial charge in [0.05, 0.1) is 16.8 Å². The highest BCUT2D eigenvalue weighted by Crippen LogP contribution is 2.43. The van der Waals surface area contributed by atoms with Gasteiger partial charge in [0.25, 0.3) is 5.91 Å². The van der Waals surface area contributed by atoms with Crippen LogP contribution in [0.25, 0.3) is 16.6 Å². The maximum absolute atomic E-state index is 13.5. The molecule has 0 bridgehead atoms. The van der Waals surface area contributed by atoms with E-state index in [2.05, 4.69) is 27.7 Å². The van der Waals surface area contributed by atoms with Gasteiger partial charge in [0.15, 0.2) is 11.5 Å². The summed E-state index contributed by atoms with van der Waals surface area (Å²) in [6.45, 7) is 4.07. The Balaban J connectivity index is 1.38. The molecule has 1 fully saturated rings. The lowest BCUT2D eigenvalue weighted by atomic mass is 10.1. The molecule has 3 aromatic carbocycles. The smallest absolute Gasteiger partial charge is 0.256 e. The number of ether oxygens (including phenoxy) is 1. The van der Waals surface area contributed by atoms with E-state index in [9.17, 15) is 9.59 Å². The van der Waals surface area contributed by atoms with E-state index in [-0.39, 0.29) is 16.9 Å². The fraction of sp³-hybridized carbons (Fsp3) is 0.241. The Morgan fingerprint density at radius 2 is 1.72 bits per heavy atom. The normalized spacial score (nSPS) is 14.3. The van der Waals surface area contributed by atoms with E-state index in [1.807, 2.05) is 53.1 Å². The molecule has 7 nitrogen and oxygen atoms in total. The largest absolute Gasteiger partial charge is 0.451 e. The zero-order valence-corrected chi connectivity index (χ0v) is 20.0. The number of carbonyl (C=O) groups is 1. The van der Waals surface area contributed by atoms with Crippen LogP contribution in [0.3, 0.4) is 0 Å². The maximum Gasteiger partial charge on any atom is 0.256 e. The number of pyridine rings is 1. The summed E-state index contributed by atoms with van der Waals surface area (Å²) in [5.41, 5.74) is 3.22. The SMILES string of the molecule is O=C(NCCN1CCCC1)c1cn2c3c(c(NCc4ccccc4)ccc3c1=O)Oc1ccccc1-2. The molecule has 1 saturated heterocycles. The molecule has 0 radical (unpaired) electrons. The fourth-order valence-electron chi connectivity index (χ4n) is 5.06. The number of carbonyl (C=O) groups excluding carboxylic acids is 1. The van der Waals surface area contributed by atoms with Crippen LogP contribution >= 0.6 is 0 Å². The molecule has 0 spiro atoms. The average molecular weight is 481 g/mol. The van der Waals surface area contributed by atoms with Crippen molar-refractivity contribution < 1.29 is 9.53 Å². The van der Waals surface area contributed by atoms with Crippen LogP contribution in [0, 0.1) is 0 Å². The minimum atomic E-state index is -0.346. The highest BCUT2D eigenvalue weighted by Gasteiger charge is 2.26. The van der Waals surface area contributed by atoms with E-state index in [0.29, 0.717) is 35.5 Å². The van der Waals surface area contributed by atoms with Crippen molar-refractivity contribution in [3.8, 4) is 17.2 Å². The first kappa shape index (κ1) is 22.4. The molecule has 6 rings (SSSR count). The first-order valence-electron chi connectivity index (χ1n) is 12.5. The Morgan fingerprint density at radius 3 is 2.56 bits per heavy atom. The number of aromatic nitrogens is 1. The quantitative estimate of drug-likeness (QED) is 0.358. The topological polar surface area (TPSA) is 75.6 Å². The molecule has 0 unspecified atom stereocenters. The van der Waals surface area contributed by atoms with Crippen LogP contribution in [-0.4, -0.2) is 41.6 Å². The minimum absolute atomic E-state index is 0.136. The van der Waals surface area contributed by atoms with Crippen molar-refractivity contribution in [1.29, 1.82) is 0 Å². The molecule has 2 N–H and O–H groups in total. The van der Waals surface area contributed by atoms with Gasteiger partial charge in [-0.1, -0.05) is 42.5 Å². The van der Waals surface area contributed by atoms with Gasteiger partial charge in [-0.25, -0.2) is 0 Å². The summed E-state index contributed by atoms with van der Waals surface area (Å²) in [4.78, 5) is 28.9. The monoisotopic (exact) mass is 480 g/mol. The van der Waals surface area contributed by atoms with Crippen molar-refractivity contribution in [3.63, 3.8) is 0 Å². The van der Waals surface area contributed by atoms with Gasteiger partial charge in [-0.15, -0.1) is 0 Å². The Kier molecular flexibility index (Phi) is 5.91. The molecular formula is C29H28N4O3. The molecule has 4 aromatic rings. The number of anilines is 1. The summed E-state index contributed by atoms with van der Waals surface area (Å²) in [6, 6.07) is 21.4. The van der Waals surface area contributed by atoms with Gasteiger partial charge < -0.3 is 24.8 Å². The summed E-state index contributed by atoms with van der Waals surface area (Å²) in [5, 5.41) is 6.86. The lowest BCUT2D eigenvalue weighted by Gasteiger charge is -2.26. The number of para-hydroxylation sites is 2. The van der Waals surface area contributed by atoms with Crippen molar-refractivity contribution in [3.05, 3.63) is 94.3 Å². The van der Waals surface area contributed by atoms with Gasteiger partial charge in [-0.2, -0.15) is 0 Å². The lowest BCUT2D eigenvalue weighted by Crippen LogP contribution is -2.36. The first-order valence-corrected chi connectivity index (χ1v) is 12.5. The zero-order chi connectivity index (χ0) is 24.5. The van der Waals surface area contributed by atoms with Crippen LogP contribution in [0.15, 0.2) is 77.7 Å². The van der Waals surface area contributed by atoms with Crippen LogP contribution in [0.1, 0.15) is 28.8 Å². The highest BCUT2D eigenvalue weighted by molar-refractivity contribution is 6.01. The maximum atomic E-state index is 13.5. The third kappa shape index (κ3) is 4.12. The predicted octanol–water partition coefficient (Wildman–Crippen LogP) is 4.53. The van der Waals surface area contributed by atoms with E-state index in [0.717, 1.165) is 36.6 Å². The third-order valence-electron chi connectivity index (χ3n) is 6.94. The van der Waals surface area contributed by atoms with Gasteiger partial charge in [-0.3, -0.25) is 9.59 Å². The summed E-state index contributed by atoms with van der Waals surface area (Å²) < 4.78 is 8.23. The number of hydrogen-bond acceptors (Lipinski definition) is 5. The number of hydrogen-bond donors (Lipinski definition) is 2. The van der Waals surface area contributed by atoms with Crippen molar-refractivity contribution >= 4 is 22.5 Å². The number of nitrogens with one attached hydrogen (secondary N) is 2. The number of rotatable bonds is 7. The molecule has 2 aliphatic heterocycles. The van der Waals surface area contributed by atoms with E-state index < -0.39 is 0 Å². The summed E-state index contributed by atoms with van der Waals surface area (Å²) >= 11 is 0. The van der Waals surface area contributed by atoms with E-state index in [4.69, 9.17) is 4.74 Å². The van der Waals surface area contributed by atoms with Gasteiger partial charge in [0.2, 0.25) is 5.43 Å². The molecule has 0 aliphatic carbocycles. The van der Waals surface area contributed by atoms with Gasteiger partial charge in [-0.05, 0) is 55.8 Å². The Labute approximate surface area is 209 Å². The average Bonchev–Trinajstić information content (AvgIpc) is 3.43.